The first-order chi connectivity index (χ1) is 13.3. The summed E-state index contributed by atoms with van der Waals surface area (Å²) in [7, 11) is -1.21. The first-order valence-corrected chi connectivity index (χ1v) is 12.3. The average Bonchev–Trinajstić information content (AvgIpc) is 2.64. The lowest BCUT2D eigenvalue weighted by Crippen LogP contribution is -2.42. The van der Waals surface area contributed by atoms with Crippen molar-refractivity contribution in [2.75, 3.05) is 32.1 Å². The molecule has 1 aromatic rings. The number of nitrogens with one attached hydrogen (secondary N) is 2. The minimum absolute atomic E-state index is 0.0333. The number of hydrogen-bond acceptors (Lipinski definition) is 4. The number of nitrogens with zero attached hydrogens (tertiary/aromatic N) is 2. The van der Waals surface area contributed by atoms with Gasteiger partial charge in [0.25, 0.3) is 0 Å². The largest absolute Gasteiger partial charge is 0.354 e. The molecule has 158 valence electrons. The van der Waals surface area contributed by atoms with Crippen LogP contribution in [0.1, 0.15) is 44.2 Å². The van der Waals surface area contributed by atoms with Crippen molar-refractivity contribution in [1.82, 2.24) is 15.5 Å². The quantitative estimate of drug-likeness (QED) is 0.510. The van der Waals surface area contributed by atoms with Gasteiger partial charge in [-0.2, -0.15) is 0 Å². The predicted molar refractivity (Wildman–Crippen MR) is 117 cm³/mol. The topological polar surface area (TPSA) is 73.8 Å². The van der Waals surface area contributed by atoms with E-state index in [2.05, 4.69) is 51.7 Å². The molecule has 1 saturated heterocycles. The highest BCUT2D eigenvalue weighted by atomic mass is 32.2. The van der Waals surface area contributed by atoms with Crippen LogP contribution in [0.4, 0.5) is 0 Å². The molecule has 2 N–H and O–H groups in total. The van der Waals surface area contributed by atoms with Crippen molar-refractivity contribution < 1.29 is 8.42 Å². The van der Waals surface area contributed by atoms with Gasteiger partial charge in [-0.15, -0.1) is 0 Å². The molecular weight excluding hydrogens is 372 g/mol. The summed E-state index contributed by atoms with van der Waals surface area (Å²) in [5.74, 6) is 1.65. The Labute approximate surface area is 170 Å². The summed E-state index contributed by atoms with van der Waals surface area (Å²) in [6.07, 6.45) is 4.44. The SMILES string of the molecule is CN=C(NCc1ccccc1CN1CCCC(C)C1)NC(C)CCS(C)(=O)=O. The maximum Gasteiger partial charge on any atom is 0.191 e. The molecule has 2 rings (SSSR count). The number of aliphatic imine (C=N–C) groups is 1. The van der Waals surface area contributed by atoms with Crippen LogP contribution in [0.2, 0.25) is 0 Å². The average molecular weight is 409 g/mol. The molecule has 2 atom stereocenters. The molecule has 1 aliphatic heterocycles. The Kier molecular flexibility index (Phi) is 8.76. The molecule has 0 spiro atoms. The van der Waals surface area contributed by atoms with Gasteiger partial charge >= 0.3 is 0 Å². The van der Waals surface area contributed by atoms with Crippen LogP contribution in [-0.2, 0) is 22.9 Å². The first kappa shape index (κ1) is 22.7. The molecule has 6 nitrogen and oxygen atoms in total. The van der Waals surface area contributed by atoms with E-state index in [1.54, 1.807) is 7.05 Å². The third-order valence-electron chi connectivity index (χ3n) is 5.23. The highest BCUT2D eigenvalue weighted by molar-refractivity contribution is 7.90. The maximum absolute atomic E-state index is 11.3. The second kappa shape index (κ2) is 10.8. The lowest BCUT2D eigenvalue weighted by molar-refractivity contribution is 0.176. The maximum atomic E-state index is 11.3. The van der Waals surface area contributed by atoms with Crippen LogP contribution < -0.4 is 10.6 Å². The predicted octanol–water partition coefficient (Wildman–Crippen LogP) is 2.41. The van der Waals surface area contributed by atoms with Crippen LogP contribution in [0.5, 0.6) is 0 Å². The molecule has 1 fully saturated rings. The van der Waals surface area contributed by atoms with E-state index >= 15 is 0 Å². The Bertz CT molecular complexity index is 749. The van der Waals surface area contributed by atoms with Gasteiger partial charge in [-0.3, -0.25) is 9.89 Å². The van der Waals surface area contributed by atoms with Gasteiger partial charge < -0.3 is 10.6 Å². The van der Waals surface area contributed by atoms with E-state index in [9.17, 15) is 8.42 Å². The van der Waals surface area contributed by atoms with Crippen molar-refractivity contribution in [3.05, 3.63) is 35.4 Å². The zero-order valence-electron chi connectivity index (χ0n) is 17.7. The Morgan fingerprint density at radius 1 is 1.32 bits per heavy atom. The molecule has 2 unspecified atom stereocenters. The van der Waals surface area contributed by atoms with Gasteiger partial charge in [-0.1, -0.05) is 31.2 Å². The molecule has 0 amide bonds. The standard InChI is InChI=1S/C21H36N4O2S/c1-17-8-7-12-25(15-17)16-20-10-6-5-9-19(20)14-23-21(22-3)24-18(2)11-13-28(4,26)27/h5-6,9-10,17-18H,7-8,11-16H2,1-4H3,(H2,22,23,24). The number of hydrogen-bond donors (Lipinski definition) is 2. The smallest absolute Gasteiger partial charge is 0.191 e. The second-order valence-corrected chi connectivity index (χ2v) is 10.4. The number of rotatable bonds is 8. The zero-order chi connectivity index (χ0) is 20.6. The Morgan fingerprint density at radius 2 is 2.04 bits per heavy atom. The third kappa shape index (κ3) is 8.19. The minimum atomic E-state index is -2.95. The molecule has 28 heavy (non-hydrogen) atoms. The Hall–Kier alpha value is -1.60. The first-order valence-electron chi connectivity index (χ1n) is 10.2. The van der Waals surface area contributed by atoms with Crippen molar-refractivity contribution in [1.29, 1.82) is 0 Å². The van der Waals surface area contributed by atoms with Crippen LogP contribution in [0.3, 0.4) is 0 Å². The van der Waals surface area contributed by atoms with E-state index in [0.29, 0.717) is 18.9 Å². The minimum Gasteiger partial charge on any atom is -0.354 e. The van der Waals surface area contributed by atoms with Crippen molar-refractivity contribution in [3.8, 4) is 0 Å². The van der Waals surface area contributed by atoms with Crippen molar-refractivity contribution in [2.24, 2.45) is 10.9 Å². The number of piperidine rings is 1. The van der Waals surface area contributed by atoms with Gasteiger partial charge in [0.2, 0.25) is 0 Å². The summed E-state index contributed by atoms with van der Waals surface area (Å²) in [6.45, 7) is 8.33. The lowest BCUT2D eigenvalue weighted by Gasteiger charge is -2.31. The van der Waals surface area contributed by atoms with Gasteiger partial charge in [0.15, 0.2) is 5.96 Å². The highest BCUT2D eigenvalue weighted by Crippen LogP contribution is 2.19. The number of benzene rings is 1. The number of guanidine groups is 1. The van der Waals surface area contributed by atoms with E-state index in [-0.39, 0.29) is 11.8 Å². The monoisotopic (exact) mass is 408 g/mol. The van der Waals surface area contributed by atoms with E-state index in [4.69, 9.17) is 0 Å². The summed E-state index contributed by atoms with van der Waals surface area (Å²) in [6, 6.07) is 8.58. The molecule has 0 saturated carbocycles. The molecule has 7 heteroatoms. The van der Waals surface area contributed by atoms with Gasteiger partial charge in [0, 0.05) is 39.0 Å². The number of likely N-dealkylation sites (tertiary alicyclic amines) is 1. The summed E-state index contributed by atoms with van der Waals surface area (Å²) < 4.78 is 22.7. The molecule has 0 radical (unpaired) electrons. The Balaban J connectivity index is 1.90. The van der Waals surface area contributed by atoms with E-state index in [0.717, 1.165) is 12.5 Å². The summed E-state index contributed by atoms with van der Waals surface area (Å²) in [5, 5.41) is 6.65. The fourth-order valence-electron chi connectivity index (χ4n) is 3.63. The van der Waals surface area contributed by atoms with Gasteiger partial charge in [-0.05, 0) is 49.8 Å². The molecule has 1 aromatic carbocycles. The molecular formula is C21H36N4O2S. The van der Waals surface area contributed by atoms with Crippen LogP contribution in [-0.4, -0.2) is 57.5 Å². The molecule has 0 aromatic heterocycles. The van der Waals surface area contributed by atoms with Crippen molar-refractivity contribution in [2.45, 2.75) is 52.2 Å². The van der Waals surface area contributed by atoms with Crippen LogP contribution in [0.15, 0.2) is 29.3 Å². The zero-order valence-corrected chi connectivity index (χ0v) is 18.6. The fraction of sp³-hybridized carbons (Fsp3) is 0.667. The normalized spacial score (nSPS) is 20.0. The van der Waals surface area contributed by atoms with E-state index in [1.165, 1.54) is 43.3 Å². The van der Waals surface area contributed by atoms with Gasteiger partial charge in [-0.25, -0.2) is 8.42 Å². The molecule has 1 heterocycles. The van der Waals surface area contributed by atoms with E-state index in [1.807, 2.05) is 6.92 Å². The molecule has 0 bridgehead atoms. The van der Waals surface area contributed by atoms with Crippen molar-refractivity contribution in [3.63, 3.8) is 0 Å². The summed E-state index contributed by atoms with van der Waals surface area (Å²) in [5.41, 5.74) is 2.62. The fourth-order valence-corrected chi connectivity index (χ4v) is 4.41. The highest BCUT2D eigenvalue weighted by Gasteiger charge is 2.17. The summed E-state index contributed by atoms with van der Waals surface area (Å²) >= 11 is 0. The van der Waals surface area contributed by atoms with Gasteiger partial charge in [0.1, 0.15) is 9.84 Å². The molecule has 0 aliphatic carbocycles. The molecule has 1 aliphatic rings. The second-order valence-electron chi connectivity index (χ2n) is 8.14. The van der Waals surface area contributed by atoms with E-state index < -0.39 is 9.84 Å². The number of sulfone groups is 1. The van der Waals surface area contributed by atoms with Crippen LogP contribution >= 0.6 is 0 Å². The summed E-state index contributed by atoms with van der Waals surface area (Å²) in [4.78, 5) is 6.83. The van der Waals surface area contributed by atoms with Crippen molar-refractivity contribution >= 4 is 15.8 Å². The van der Waals surface area contributed by atoms with Crippen LogP contribution in [0.25, 0.3) is 0 Å². The lowest BCUT2D eigenvalue weighted by atomic mass is 9.99. The van der Waals surface area contributed by atoms with Crippen LogP contribution in [0, 0.1) is 5.92 Å². The Morgan fingerprint density at radius 3 is 2.68 bits per heavy atom. The van der Waals surface area contributed by atoms with Gasteiger partial charge in [0.05, 0.1) is 5.75 Å². The third-order valence-corrected chi connectivity index (χ3v) is 6.21.